The zero-order valence-corrected chi connectivity index (χ0v) is 12.6. The van der Waals surface area contributed by atoms with Crippen LogP contribution in [0.25, 0.3) is 0 Å². The summed E-state index contributed by atoms with van der Waals surface area (Å²) in [5, 5.41) is 19.0. The van der Waals surface area contributed by atoms with Crippen LogP contribution in [-0.2, 0) is 0 Å². The van der Waals surface area contributed by atoms with Crippen LogP contribution in [0.3, 0.4) is 0 Å². The van der Waals surface area contributed by atoms with Crippen molar-refractivity contribution in [3.05, 3.63) is 29.8 Å². The van der Waals surface area contributed by atoms with Crippen molar-refractivity contribution >= 4 is 12.6 Å². The molecule has 20 heavy (non-hydrogen) atoms. The minimum Gasteiger partial charge on any atom is -0.423 e. The molecule has 110 valence electrons. The fourth-order valence-corrected chi connectivity index (χ4v) is 3.56. The largest absolute Gasteiger partial charge is 0.488 e. The molecule has 1 aliphatic rings. The lowest BCUT2D eigenvalue weighted by molar-refractivity contribution is 0.303. The maximum Gasteiger partial charge on any atom is 0.488 e. The Morgan fingerprint density at radius 1 is 1.05 bits per heavy atom. The molecule has 0 unspecified atom stereocenters. The van der Waals surface area contributed by atoms with Crippen molar-refractivity contribution in [1.82, 2.24) is 0 Å². The molecule has 0 bridgehead atoms. The van der Waals surface area contributed by atoms with Gasteiger partial charge in [0.15, 0.2) is 0 Å². The normalized spacial score (nSPS) is 22.8. The molecular weight excluding hydrogens is 247 g/mol. The molecule has 0 saturated heterocycles. The standard InChI is InChI=1S/C17H27BO2/c1-2-3-4-7-14-10-12-15(13-11-14)16-8-5-6-9-17(16)18(19)20/h5-6,8-9,14-15,19-20H,2-4,7,10-13H2,1H3/t14-,15-. The number of unbranched alkanes of at least 4 members (excludes halogenated alkanes) is 2. The van der Waals surface area contributed by atoms with E-state index >= 15 is 0 Å². The topological polar surface area (TPSA) is 40.5 Å². The van der Waals surface area contributed by atoms with Crippen molar-refractivity contribution in [2.45, 2.75) is 64.2 Å². The van der Waals surface area contributed by atoms with Gasteiger partial charge >= 0.3 is 7.12 Å². The molecule has 0 heterocycles. The van der Waals surface area contributed by atoms with Gasteiger partial charge in [-0.3, -0.25) is 0 Å². The van der Waals surface area contributed by atoms with Crippen molar-refractivity contribution in [1.29, 1.82) is 0 Å². The zero-order chi connectivity index (χ0) is 14.4. The quantitative estimate of drug-likeness (QED) is 0.617. The number of hydrogen-bond acceptors (Lipinski definition) is 2. The van der Waals surface area contributed by atoms with E-state index in [0.717, 1.165) is 11.5 Å². The van der Waals surface area contributed by atoms with Gasteiger partial charge in [-0.2, -0.15) is 0 Å². The van der Waals surface area contributed by atoms with E-state index in [1.807, 2.05) is 18.2 Å². The Hall–Kier alpha value is -0.795. The highest BCUT2D eigenvalue weighted by atomic mass is 16.4. The Balaban J connectivity index is 1.90. The van der Waals surface area contributed by atoms with Crippen LogP contribution in [0, 0.1) is 5.92 Å². The Kier molecular flexibility index (Phi) is 6.12. The molecule has 1 fully saturated rings. The second kappa shape index (κ2) is 7.85. The lowest BCUT2D eigenvalue weighted by Gasteiger charge is -2.30. The van der Waals surface area contributed by atoms with Crippen LogP contribution in [0.4, 0.5) is 0 Å². The molecule has 0 amide bonds. The third-order valence-electron chi connectivity index (χ3n) is 4.78. The van der Waals surface area contributed by atoms with Crippen LogP contribution in [0.2, 0.25) is 0 Å². The molecule has 3 heteroatoms. The summed E-state index contributed by atoms with van der Waals surface area (Å²) in [6.07, 6.45) is 10.4. The molecule has 1 aromatic rings. The maximum absolute atomic E-state index is 9.49. The predicted molar refractivity (Wildman–Crippen MR) is 85.1 cm³/mol. The van der Waals surface area contributed by atoms with Gasteiger partial charge in [0.2, 0.25) is 0 Å². The number of hydrogen-bond donors (Lipinski definition) is 2. The Morgan fingerprint density at radius 2 is 1.75 bits per heavy atom. The number of benzene rings is 1. The molecule has 0 radical (unpaired) electrons. The van der Waals surface area contributed by atoms with E-state index in [-0.39, 0.29) is 0 Å². The molecule has 0 aromatic heterocycles. The van der Waals surface area contributed by atoms with Crippen LogP contribution in [-0.4, -0.2) is 17.2 Å². The third kappa shape index (κ3) is 4.10. The summed E-state index contributed by atoms with van der Waals surface area (Å²) in [5.74, 6) is 1.40. The van der Waals surface area contributed by atoms with Crippen LogP contribution in [0.1, 0.15) is 69.8 Å². The Labute approximate surface area is 123 Å². The van der Waals surface area contributed by atoms with Crippen molar-refractivity contribution < 1.29 is 10.0 Å². The van der Waals surface area contributed by atoms with Crippen molar-refractivity contribution in [3.8, 4) is 0 Å². The van der Waals surface area contributed by atoms with Gasteiger partial charge in [-0.05, 0) is 48.5 Å². The van der Waals surface area contributed by atoms with Gasteiger partial charge in [0, 0.05) is 0 Å². The van der Waals surface area contributed by atoms with Crippen molar-refractivity contribution in [3.63, 3.8) is 0 Å². The van der Waals surface area contributed by atoms with Gasteiger partial charge in [-0.25, -0.2) is 0 Å². The number of rotatable bonds is 6. The molecule has 1 aromatic carbocycles. The highest BCUT2D eigenvalue weighted by Crippen LogP contribution is 2.37. The molecular formula is C17H27BO2. The van der Waals surface area contributed by atoms with Gasteiger partial charge in [-0.15, -0.1) is 0 Å². The van der Waals surface area contributed by atoms with E-state index < -0.39 is 7.12 Å². The van der Waals surface area contributed by atoms with Crippen molar-refractivity contribution in [2.24, 2.45) is 5.92 Å². The predicted octanol–water partition coefficient (Wildman–Crippen LogP) is 3.22. The molecule has 0 atom stereocenters. The van der Waals surface area contributed by atoms with Crippen molar-refractivity contribution in [2.75, 3.05) is 0 Å². The molecule has 0 spiro atoms. The van der Waals surface area contributed by atoms with E-state index in [0.29, 0.717) is 11.4 Å². The van der Waals surface area contributed by atoms with Gasteiger partial charge in [-0.1, -0.05) is 56.9 Å². The second-order valence-corrected chi connectivity index (χ2v) is 6.22. The highest BCUT2D eigenvalue weighted by Gasteiger charge is 2.26. The summed E-state index contributed by atoms with van der Waals surface area (Å²) in [6, 6.07) is 7.80. The van der Waals surface area contributed by atoms with E-state index in [1.54, 1.807) is 0 Å². The third-order valence-corrected chi connectivity index (χ3v) is 4.78. The first-order chi connectivity index (χ1) is 9.72. The average molecular weight is 274 g/mol. The lowest BCUT2D eigenvalue weighted by Crippen LogP contribution is -2.34. The molecule has 2 rings (SSSR count). The summed E-state index contributed by atoms with van der Waals surface area (Å²) >= 11 is 0. The highest BCUT2D eigenvalue weighted by molar-refractivity contribution is 6.59. The summed E-state index contributed by atoms with van der Waals surface area (Å²) in [6.45, 7) is 2.26. The average Bonchev–Trinajstić information content (AvgIpc) is 2.48. The molecule has 2 nitrogen and oxygen atoms in total. The smallest absolute Gasteiger partial charge is 0.423 e. The van der Waals surface area contributed by atoms with Gasteiger partial charge < -0.3 is 10.0 Å². The van der Waals surface area contributed by atoms with E-state index in [9.17, 15) is 10.0 Å². The fourth-order valence-electron chi connectivity index (χ4n) is 3.56. The summed E-state index contributed by atoms with van der Waals surface area (Å²) in [7, 11) is -1.34. The first-order valence-electron chi connectivity index (χ1n) is 8.17. The summed E-state index contributed by atoms with van der Waals surface area (Å²) in [5.41, 5.74) is 1.84. The van der Waals surface area contributed by atoms with E-state index in [1.165, 1.54) is 51.4 Å². The first kappa shape index (κ1) is 15.6. The SMILES string of the molecule is CCCCC[C@H]1CC[C@H](c2ccccc2B(O)O)CC1. The zero-order valence-electron chi connectivity index (χ0n) is 12.6. The molecule has 0 aliphatic heterocycles. The summed E-state index contributed by atoms with van der Waals surface area (Å²) < 4.78 is 0. The second-order valence-electron chi connectivity index (χ2n) is 6.22. The summed E-state index contributed by atoms with van der Waals surface area (Å²) in [4.78, 5) is 0. The van der Waals surface area contributed by atoms with Gasteiger partial charge in [0.1, 0.15) is 0 Å². The van der Waals surface area contributed by atoms with Crippen LogP contribution < -0.4 is 5.46 Å². The first-order valence-corrected chi connectivity index (χ1v) is 8.17. The molecule has 2 N–H and O–H groups in total. The molecule has 1 aliphatic carbocycles. The maximum atomic E-state index is 9.49. The monoisotopic (exact) mass is 274 g/mol. The Morgan fingerprint density at radius 3 is 2.40 bits per heavy atom. The van der Waals surface area contributed by atoms with Gasteiger partial charge in [0.05, 0.1) is 0 Å². The molecule has 1 saturated carbocycles. The Bertz CT molecular complexity index is 398. The minimum absolute atomic E-state index is 0.510. The van der Waals surface area contributed by atoms with Gasteiger partial charge in [0.25, 0.3) is 0 Å². The van der Waals surface area contributed by atoms with E-state index in [2.05, 4.69) is 13.0 Å². The minimum atomic E-state index is -1.34. The van der Waals surface area contributed by atoms with Crippen LogP contribution in [0.5, 0.6) is 0 Å². The van der Waals surface area contributed by atoms with Crippen LogP contribution >= 0.6 is 0 Å². The fraction of sp³-hybridized carbons (Fsp3) is 0.647. The lowest BCUT2D eigenvalue weighted by atomic mass is 9.69. The van der Waals surface area contributed by atoms with E-state index in [4.69, 9.17) is 0 Å². The van der Waals surface area contributed by atoms with Crippen LogP contribution in [0.15, 0.2) is 24.3 Å².